The molecule has 0 unspecified atom stereocenters. The average Bonchev–Trinajstić information content (AvgIpc) is 2.61. The summed E-state index contributed by atoms with van der Waals surface area (Å²) in [5, 5.41) is 2.52. The van der Waals surface area contributed by atoms with Crippen molar-refractivity contribution in [1.29, 1.82) is 0 Å². The third kappa shape index (κ3) is 3.32. The fourth-order valence-corrected chi connectivity index (χ4v) is 2.07. The molecule has 2 amide bonds. The fraction of sp³-hybridized carbons (Fsp3) is 0.385. The first kappa shape index (κ1) is 15.3. The number of alkyl halides is 3. The van der Waals surface area contributed by atoms with E-state index in [0.717, 1.165) is 17.0 Å². The highest BCUT2D eigenvalue weighted by molar-refractivity contribution is 5.97. The van der Waals surface area contributed by atoms with Crippen LogP contribution in [0.1, 0.15) is 22.3 Å². The van der Waals surface area contributed by atoms with Crippen molar-refractivity contribution < 1.29 is 27.2 Å². The van der Waals surface area contributed by atoms with E-state index in [4.69, 9.17) is 0 Å². The monoisotopic (exact) mass is 304 g/mol. The van der Waals surface area contributed by atoms with Gasteiger partial charge >= 0.3 is 6.18 Å². The molecule has 0 radical (unpaired) electrons. The Hall–Kier alpha value is -2.12. The largest absolute Gasteiger partial charge is 0.419 e. The van der Waals surface area contributed by atoms with Gasteiger partial charge in [0.25, 0.3) is 5.91 Å². The fourth-order valence-electron chi connectivity index (χ4n) is 2.07. The van der Waals surface area contributed by atoms with Gasteiger partial charge in [0.15, 0.2) is 0 Å². The van der Waals surface area contributed by atoms with E-state index in [1.807, 2.05) is 0 Å². The van der Waals surface area contributed by atoms with Crippen molar-refractivity contribution in [1.82, 2.24) is 10.2 Å². The Bertz CT molecular complexity index is 572. The molecule has 0 atom stereocenters. The third-order valence-corrected chi connectivity index (χ3v) is 3.08. The van der Waals surface area contributed by atoms with E-state index < -0.39 is 34.9 Å². The van der Waals surface area contributed by atoms with Crippen LogP contribution in [0.2, 0.25) is 0 Å². The predicted molar refractivity (Wildman–Crippen MR) is 64.9 cm³/mol. The van der Waals surface area contributed by atoms with Gasteiger partial charge in [0.1, 0.15) is 5.82 Å². The molecule has 4 nitrogen and oxygen atoms in total. The first-order chi connectivity index (χ1) is 9.80. The second kappa shape index (κ2) is 5.71. The number of amides is 2. The molecule has 114 valence electrons. The second-order valence-corrected chi connectivity index (χ2v) is 4.60. The summed E-state index contributed by atoms with van der Waals surface area (Å²) in [6.45, 7) is 0.245. The third-order valence-electron chi connectivity index (χ3n) is 3.08. The Labute approximate surface area is 117 Å². The quantitative estimate of drug-likeness (QED) is 0.804. The van der Waals surface area contributed by atoms with E-state index in [0.29, 0.717) is 19.0 Å². The highest BCUT2D eigenvalue weighted by atomic mass is 19.4. The lowest BCUT2D eigenvalue weighted by Gasteiger charge is -2.20. The number of benzene rings is 1. The zero-order valence-corrected chi connectivity index (χ0v) is 10.8. The van der Waals surface area contributed by atoms with Crippen LogP contribution in [0.5, 0.6) is 0 Å². The van der Waals surface area contributed by atoms with Crippen LogP contribution in [0, 0.1) is 5.82 Å². The summed E-state index contributed by atoms with van der Waals surface area (Å²) in [7, 11) is 0. The molecule has 1 fully saturated rings. The topological polar surface area (TPSA) is 49.4 Å². The Balaban J connectivity index is 2.33. The lowest BCUT2D eigenvalue weighted by Crippen LogP contribution is -2.38. The molecule has 0 aromatic heterocycles. The molecule has 1 aliphatic rings. The molecule has 1 heterocycles. The molecule has 1 N–H and O–H groups in total. The molecule has 21 heavy (non-hydrogen) atoms. The van der Waals surface area contributed by atoms with Crippen LogP contribution in [-0.2, 0) is 11.0 Å². The molecule has 0 aliphatic carbocycles. The van der Waals surface area contributed by atoms with Crippen LogP contribution < -0.4 is 5.32 Å². The minimum Gasteiger partial charge on any atom is -0.354 e. The van der Waals surface area contributed by atoms with Crippen LogP contribution in [-0.4, -0.2) is 36.3 Å². The highest BCUT2D eigenvalue weighted by Gasteiger charge is 2.36. The van der Waals surface area contributed by atoms with E-state index in [9.17, 15) is 27.2 Å². The lowest BCUT2D eigenvalue weighted by atomic mass is 10.1. The van der Waals surface area contributed by atoms with Crippen LogP contribution in [0.3, 0.4) is 0 Å². The number of carbonyl (C=O) groups is 2. The summed E-state index contributed by atoms with van der Waals surface area (Å²) in [5.74, 6) is -2.96. The highest BCUT2D eigenvalue weighted by Crippen LogP contribution is 2.32. The Morgan fingerprint density at radius 1 is 1.29 bits per heavy atom. The second-order valence-electron chi connectivity index (χ2n) is 4.60. The number of rotatable bonds is 1. The summed E-state index contributed by atoms with van der Waals surface area (Å²) in [5.41, 5.74) is -2.17. The van der Waals surface area contributed by atoms with Gasteiger partial charge in [0.05, 0.1) is 17.7 Å². The first-order valence-corrected chi connectivity index (χ1v) is 6.22. The molecule has 1 aliphatic heterocycles. The van der Waals surface area contributed by atoms with Gasteiger partial charge in [0, 0.05) is 13.1 Å². The maximum Gasteiger partial charge on any atom is 0.419 e. The minimum atomic E-state index is -4.88. The van der Waals surface area contributed by atoms with Gasteiger partial charge in [0.2, 0.25) is 5.91 Å². The molecule has 1 aromatic rings. The predicted octanol–water partition coefficient (Wildman–Crippen LogP) is 1.81. The molecule has 1 aromatic carbocycles. The zero-order valence-electron chi connectivity index (χ0n) is 10.8. The van der Waals surface area contributed by atoms with Gasteiger partial charge in [-0.2, -0.15) is 13.2 Å². The average molecular weight is 304 g/mol. The van der Waals surface area contributed by atoms with E-state index in [2.05, 4.69) is 5.32 Å². The van der Waals surface area contributed by atoms with Crippen molar-refractivity contribution >= 4 is 11.8 Å². The van der Waals surface area contributed by atoms with Crippen molar-refractivity contribution in [3.05, 3.63) is 35.1 Å². The summed E-state index contributed by atoms with van der Waals surface area (Å²) in [4.78, 5) is 24.5. The molecule has 2 rings (SSSR count). The van der Waals surface area contributed by atoms with Gasteiger partial charge in [-0.15, -0.1) is 0 Å². The van der Waals surface area contributed by atoms with E-state index in [-0.39, 0.29) is 13.1 Å². The number of carbonyl (C=O) groups excluding carboxylic acids is 2. The van der Waals surface area contributed by atoms with Crippen LogP contribution in [0.25, 0.3) is 0 Å². The zero-order chi connectivity index (χ0) is 15.6. The number of hydrogen-bond donors (Lipinski definition) is 1. The molecule has 0 spiro atoms. The Kier molecular flexibility index (Phi) is 4.15. The molecule has 1 saturated heterocycles. The van der Waals surface area contributed by atoms with Crippen molar-refractivity contribution in [3.63, 3.8) is 0 Å². The number of halogens is 4. The maximum atomic E-state index is 13.9. The maximum absolute atomic E-state index is 13.9. The summed E-state index contributed by atoms with van der Waals surface area (Å²) >= 11 is 0. The van der Waals surface area contributed by atoms with Gasteiger partial charge < -0.3 is 10.2 Å². The van der Waals surface area contributed by atoms with Crippen molar-refractivity contribution in [2.45, 2.75) is 12.6 Å². The Morgan fingerprint density at radius 3 is 2.67 bits per heavy atom. The first-order valence-electron chi connectivity index (χ1n) is 6.22. The van der Waals surface area contributed by atoms with E-state index in [1.165, 1.54) is 0 Å². The van der Waals surface area contributed by atoms with Crippen LogP contribution in [0.4, 0.5) is 17.6 Å². The number of hydrogen-bond acceptors (Lipinski definition) is 2. The Morgan fingerprint density at radius 2 is 2.00 bits per heavy atom. The SMILES string of the molecule is O=C1CN(C(=O)c2cccc(C(F)(F)F)c2F)CCCN1. The molecule has 8 heteroatoms. The van der Waals surface area contributed by atoms with Gasteiger partial charge in [-0.25, -0.2) is 4.39 Å². The smallest absolute Gasteiger partial charge is 0.354 e. The van der Waals surface area contributed by atoms with Gasteiger partial charge in [-0.3, -0.25) is 9.59 Å². The van der Waals surface area contributed by atoms with Gasteiger partial charge in [-0.1, -0.05) is 6.07 Å². The molecular weight excluding hydrogens is 292 g/mol. The minimum absolute atomic E-state index is 0.174. The van der Waals surface area contributed by atoms with Gasteiger partial charge in [-0.05, 0) is 18.6 Å². The molecule has 0 saturated carbocycles. The van der Waals surface area contributed by atoms with E-state index >= 15 is 0 Å². The lowest BCUT2D eigenvalue weighted by molar-refractivity contribution is -0.140. The summed E-state index contributed by atoms with van der Waals surface area (Å²) in [6.07, 6.45) is -4.42. The summed E-state index contributed by atoms with van der Waals surface area (Å²) < 4.78 is 51.8. The van der Waals surface area contributed by atoms with E-state index in [1.54, 1.807) is 0 Å². The molecule has 0 bridgehead atoms. The standard InChI is InChI=1S/C13H12F4N2O2/c14-11-8(3-1-4-9(11)13(15,16)17)12(21)19-6-2-5-18-10(20)7-19/h1,3-4H,2,5-7H2,(H,18,20). The number of nitrogens with one attached hydrogen (secondary N) is 1. The number of nitrogens with zero attached hydrogens (tertiary/aromatic N) is 1. The van der Waals surface area contributed by atoms with Crippen LogP contribution >= 0.6 is 0 Å². The summed E-state index contributed by atoms with van der Waals surface area (Å²) in [6, 6.07) is 2.52. The van der Waals surface area contributed by atoms with Crippen molar-refractivity contribution in [2.24, 2.45) is 0 Å². The van der Waals surface area contributed by atoms with Crippen molar-refractivity contribution in [2.75, 3.05) is 19.6 Å². The molecular formula is C13H12F4N2O2. The van der Waals surface area contributed by atoms with Crippen LogP contribution in [0.15, 0.2) is 18.2 Å². The van der Waals surface area contributed by atoms with Crippen molar-refractivity contribution in [3.8, 4) is 0 Å². The normalized spacial score (nSPS) is 16.4.